The fourth-order valence-corrected chi connectivity index (χ4v) is 2.19. The largest absolute Gasteiger partial charge is 0.330 e. The second-order valence-electron chi connectivity index (χ2n) is 4.31. The van der Waals surface area contributed by atoms with Gasteiger partial charge in [0.15, 0.2) is 0 Å². The van der Waals surface area contributed by atoms with Gasteiger partial charge in [0.2, 0.25) is 0 Å². The normalized spacial score (nSPS) is 15.3. The number of nitrogens with zero attached hydrogens (tertiary/aromatic N) is 2. The van der Waals surface area contributed by atoms with E-state index in [0.29, 0.717) is 0 Å². The standard InChI is InChI=1S/C13H13ClN2/c14-12-4-2-1-3-11(12)8-16-9-15-7-13(16)10-5-6-10/h1-4,7,9-10H,5-6,8H2. The summed E-state index contributed by atoms with van der Waals surface area (Å²) in [6.45, 7) is 0.825. The van der Waals surface area contributed by atoms with E-state index in [2.05, 4.69) is 15.6 Å². The lowest BCUT2D eigenvalue weighted by atomic mass is 10.2. The van der Waals surface area contributed by atoms with Gasteiger partial charge in [-0.15, -0.1) is 0 Å². The van der Waals surface area contributed by atoms with Crippen LogP contribution in [0.2, 0.25) is 5.02 Å². The Morgan fingerprint density at radius 3 is 2.88 bits per heavy atom. The second-order valence-corrected chi connectivity index (χ2v) is 4.72. The summed E-state index contributed by atoms with van der Waals surface area (Å²) in [5, 5.41) is 0.831. The molecule has 0 saturated heterocycles. The number of rotatable bonds is 3. The SMILES string of the molecule is Clc1ccccc1Cn1cncc1C1CC1. The van der Waals surface area contributed by atoms with Crippen molar-refractivity contribution in [3.63, 3.8) is 0 Å². The van der Waals surface area contributed by atoms with Crippen LogP contribution in [0.15, 0.2) is 36.8 Å². The molecule has 0 aliphatic heterocycles. The first kappa shape index (κ1) is 9.91. The molecule has 1 fully saturated rings. The smallest absolute Gasteiger partial charge is 0.0951 e. The highest BCUT2D eigenvalue weighted by Gasteiger charge is 2.26. The minimum Gasteiger partial charge on any atom is -0.330 e. The molecule has 1 saturated carbocycles. The molecule has 2 nitrogen and oxygen atoms in total. The van der Waals surface area contributed by atoms with E-state index in [1.54, 1.807) is 0 Å². The van der Waals surface area contributed by atoms with Crippen molar-refractivity contribution in [2.24, 2.45) is 0 Å². The molecule has 0 spiro atoms. The number of imidazole rings is 1. The lowest BCUT2D eigenvalue weighted by Gasteiger charge is -2.08. The van der Waals surface area contributed by atoms with Gasteiger partial charge >= 0.3 is 0 Å². The average Bonchev–Trinajstić information content (AvgIpc) is 3.03. The fourth-order valence-electron chi connectivity index (χ4n) is 1.99. The molecular formula is C13H13ClN2. The first-order valence-corrected chi connectivity index (χ1v) is 5.96. The minimum atomic E-state index is 0.727. The summed E-state index contributed by atoms with van der Waals surface area (Å²) in [7, 11) is 0. The van der Waals surface area contributed by atoms with Crippen molar-refractivity contribution in [3.8, 4) is 0 Å². The molecule has 3 rings (SSSR count). The van der Waals surface area contributed by atoms with Gasteiger partial charge in [-0.1, -0.05) is 29.8 Å². The Labute approximate surface area is 99.9 Å². The van der Waals surface area contributed by atoms with Crippen LogP contribution in [0, 0.1) is 0 Å². The number of hydrogen-bond acceptors (Lipinski definition) is 1. The molecular weight excluding hydrogens is 220 g/mol. The van der Waals surface area contributed by atoms with Gasteiger partial charge < -0.3 is 4.57 Å². The molecule has 16 heavy (non-hydrogen) atoms. The Morgan fingerprint density at radius 1 is 1.31 bits per heavy atom. The van der Waals surface area contributed by atoms with E-state index in [-0.39, 0.29) is 0 Å². The van der Waals surface area contributed by atoms with E-state index in [1.165, 1.54) is 18.5 Å². The van der Waals surface area contributed by atoms with Crippen molar-refractivity contribution in [3.05, 3.63) is 53.1 Å². The van der Waals surface area contributed by atoms with Gasteiger partial charge in [0, 0.05) is 22.8 Å². The van der Waals surface area contributed by atoms with Crippen molar-refractivity contribution < 1.29 is 0 Å². The van der Waals surface area contributed by atoms with Crippen LogP contribution in [0.3, 0.4) is 0 Å². The van der Waals surface area contributed by atoms with E-state index in [9.17, 15) is 0 Å². The van der Waals surface area contributed by atoms with Crippen molar-refractivity contribution >= 4 is 11.6 Å². The highest BCUT2D eigenvalue weighted by Crippen LogP contribution is 2.40. The van der Waals surface area contributed by atoms with Crippen LogP contribution in [-0.4, -0.2) is 9.55 Å². The lowest BCUT2D eigenvalue weighted by molar-refractivity contribution is 0.742. The Bertz CT molecular complexity index is 500. The Hall–Kier alpha value is -1.28. The first-order chi connectivity index (χ1) is 7.84. The van der Waals surface area contributed by atoms with Crippen LogP contribution < -0.4 is 0 Å². The van der Waals surface area contributed by atoms with Gasteiger partial charge in [0.05, 0.1) is 12.9 Å². The topological polar surface area (TPSA) is 17.8 Å². The molecule has 82 valence electrons. The van der Waals surface area contributed by atoms with E-state index >= 15 is 0 Å². The number of benzene rings is 1. The maximum atomic E-state index is 6.15. The van der Waals surface area contributed by atoms with E-state index in [1.807, 2.05) is 30.7 Å². The predicted octanol–water partition coefficient (Wildman–Crippen LogP) is 3.46. The summed E-state index contributed by atoms with van der Waals surface area (Å²) in [5.74, 6) is 0.727. The van der Waals surface area contributed by atoms with Crippen molar-refractivity contribution in [1.29, 1.82) is 0 Å². The van der Waals surface area contributed by atoms with Crippen LogP contribution in [-0.2, 0) is 6.54 Å². The molecule has 0 amide bonds. The van der Waals surface area contributed by atoms with Gasteiger partial charge in [-0.2, -0.15) is 0 Å². The van der Waals surface area contributed by atoms with E-state index < -0.39 is 0 Å². The first-order valence-electron chi connectivity index (χ1n) is 5.58. The van der Waals surface area contributed by atoms with Gasteiger partial charge in [-0.05, 0) is 24.5 Å². The molecule has 0 N–H and O–H groups in total. The minimum absolute atomic E-state index is 0.727. The van der Waals surface area contributed by atoms with Crippen molar-refractivity contribution in [2.75, 3.05) is 0 Å². The Morgan fingerprint density at radius 2 is 2.12 bits per heavy atom. The average molecular weight is 233 g/mol. The predicted molar refractivity (Wildman–Crippen MR) is 64.8 cm³/mol. The summed E-state index contributed by atoms with van der Waals surface area (Å²) in [6.07, 6.45) is 6.48. The third kappa shape index (κ3) is 1.85. The van der Waals surface area contributed by atoms with Gasteiger partial charge in [-0.25, -0.2) is 4.98 Å². The molecule has 1 heterocycles. The lowest BCUT2D eigenvalue weighted by Crippen LogP contribution is -2.02. The molecule has 0 unspecified atom stereocenters. The van der Waals surface area contributed by atoms with Gasteiger partial charge in [0.25, 0.3) is 0 Å². The second kappa shape index (κ2) is 3.95. The monoisotopic (exact) mass is 232 g/mol. The highest BCUT2D eigenvalue weighted by molar-refractivity contribution is 6.31. The van der Waals surface area contributed by atoms with Gasteiger partial charge in [-0.3, -0.25) is 0 Å². The highest BCUT2D eigenvalue weighted by atomic mass is 35.5. The van der Waals surface area contributed by atoms with Crippen LogP contribution in [0.25, 0.3) is 0 Å². The third-order valence-electron chi connectivity index (χ3n) is 3.04. The summed E-state index contributed by atoms with van der Waals surface area (Å²) >= 11 is 6.15. The number of hydrogen-bond donors (Lipinski definition) is 0. The molecule has 0 atom stereocenters. The van der Waals surface area contributed by atoms with Crippen molar-refractivity contribution in [2.45, 2.75) is 25.3 Å². The zero-order chi connectivity index (χ0) is 11.0. The van der Waals surface area contributed by atoms with E-state index in [0.717, 1.165) is 23.0 Å². The van der Waals surface area contributed by atoms with Crippen LogP contribution in [0.1, 0.15) is 30.0 Å². The number of aromatic nitrogens is 2. The Balaban J connectivity index is 1.88. The van der Waals surface area contributed by atoms with Crippen molar-refractivity contribution in [1.82, 2.24) is 9.55 Å². The fraction of sp³-hybridized carbons (Fsp3) is 0.308. The maximum Gasteiger partial charge on any atom is 0.0951 e. The molecule has 2 aromatic rings. The van der Waals surface area contributed by atoms with Crippen LogP contribution in [0.5, 0.6) is 0 Å². The summed E-state index contributed by atoms with van der Waals surface area (Å²) in [6, 6.07) is 7.99. The zero-order valence-electron chi connectivity index (χ0n) is 8.94. The Kier molecular flexibility index (Phi) is 2.44. The molecule has 1 aliphatic rings. The molecule has 1 aliphatic carbocycles. The van der Waals surface area contributed by atoms with Gasteiger partial charge in [0.1, 0.15) is 0 Å². The maximum absolute atomic E-state index is 6.15. The zero-order valence-corrected chi connectivity index (χ0v) is 9.69. The summed E-state index contributed by atoms with van der Waals surface area (Å²) in [5.41, 5.74) is 2.50. The molecule has 0 bridgehead atoms. The molecule has 1 aromatic heterocycles. The molecule has 1 aromatic carbocycles. The van der Waals surface area contributed by atoms with Crippen LogP contribution in [0.4, 0.5) is 0 Å². The van der Waals surface area contributed by atoms with Crippen LogP contribution >= 0.6 is 11.6 Å². The quantitative estimate of drug-likeness (QED) is 0.793. The number of halogens is 1. The third-order valence-corrected chi connectivity index (χ3v) is 3.41. The molecule has 0 radical (unpaired) electrons. The molecule has 3 heteroatoms. The summed E-state index contributed by atoms with van der Waals surface area (Å²) in [4.78, 5) is 4.23. The van der Waals surface area contributed by atoms with E-state index in [4.69, 9.17) is 11.6 Å². The summed E-state index contributed by atoms with van der Waals surface area (Å²) < 4.78 is 2.21.